The largest absolute Gasteiger partial charge is 0.494 e. The van der Waals surface area contributed by atoms with Crippen LogP contribution < -0.4 is 4.74 Å². The predicted octanol–water partition coefficient (Wildman–Crippen LogP) is 4.26. The van der Waals surface area contributed by atoms with E-state index in [1.807, 2.05) is 24.3 Å². The maximum absolute atomic E-state index is 5.50. The highest BCUT2D eigenvalue weighted by atomic mass is 79.9. The Bertz CT molecular complexity index is 261. The molecule has 3 heteroatoms. The van der Waals surface area contributed by atoms with Gasteiger partial charge in [0.05, 0.1) is 10.3 Å². The van der Waals surface area contributed by atoms with Gasteiger partial charge in [0.25, 0.3) is 0 Å². The standard InChI is InChI=1S/C10H12Br2O/c1-2-6-13-9-5-3-4-8(7-9)10(11)12/h3-5,7,10H,2,6H2,1H3. The molecule has 0 saturated carbocycles. The number of alkyl halides is 2. The minimum atomic E-state index is 0.199. The fourth-order valence-electron chi connectivity index (χ4n) is 0.960. The Morgan fingerprint density at radius 2 is 2.15 bits per heavy atom. The highest BCUT2D eigenvalue weighted by molar-refractivity contribution is 9.24. The van der Waals surface area contributed by atoms with E-state index in [9.17, 15) is 0 Å². The molecule has 0 spiro atoms. The van der Waals surface area contributed by atoms with E-state index >= 15 is 0 Å². The van der Waals surface area contributed by atoms with Crippen LogP contribution in [-0.4, -0.2) is 6.61 Å². The second kappa shape index (κ2) is 5.66. The van der Waals surface area contributed by atoms with Gasteiger partial charge in [0, 0.05) is 0 Å². The van der Waals surface area contributed by atoms with Gasteiger partial charge in [-0.15, -0.1) is 0 Å². The van der Waals surface area contributed by atoms with Crippen LogP contribution in [0.1, 0.15) is 22.6 Å². The van der Waals surface area contributed by atoms with Crippen molar-refractivity contribution in [3.63, 3.8) is 0 Å². The average Bonchev–Trinajstić information content (AvgIpc) is 2.15. The predicted molar refractivity (Wildman–Crippen MR) is 62.8 cm³/mol. The first-order valence-electron chi connectivity index (χ1n) is 4.25. The summed E-state index contributed by atoms with van der Waals surface area (Å²) >= 11 is 6.89. The molecule has 0 aliphatic rings. The fraction of sp³-hybridized carbons (Fsp3) is 0.400. The lowest BCUT2D eigenvalue weighted by molar-refractivity contribution is 0.317. The van der Waals surface area contributed by atoms with Gasteiger partial charge in [-0.25, -0.2) is 0 Å². The topological polar surface area (TPSA) is 9.23 Å². The van der Waals surface area contributed by atoms with Crippen molar-refractivity contribution in [1.82, 2.24) is 0 Å². The molecule has 0 bridgehead atoms. The third-order valence-corrected chi connectivity index (χ3v) is 2.64. The Hall–Kier alpha value is -0.0200. The number of rotatable bonds is 4. The Morgan fingerprint density at radius 3 is 2.77 bits per heavy atom. The Labute approximate surface area is 95.7 Å². The molecular weight excluding hydrogens is 296 g/mol. The molecule has 0 aliphatic carbocycles. The second-order valence-electron chi connectivity index (χ2n) is 2.72. The summed E-state index contributed by atoms with van der Waals surface area (Å²) in [6, 6.07) is 8.05. The van der Waals surface area contributed by atoms with Crippen molar-refractivity contribution < 1.29 is 4.74 Å². The van der Waals surface area contributed by atoms with Crippen molar-refractivity contribution in [3.8, 4) is 5.75 Å². The number of benzene rings is 1. The van der Waals surface area contributed by atoms with Crippen LogP contribution >= 0.6 is 31.9 Å². The highest BCUT2D eigenvalue weighted by Gasteiger charge is 2.02. The summed E-state index contributed by atoms with van der Waals surface area (Å²) in [7, 11) is 0. The zero-order valence-corrected chi connectivity index (χ0v) is 10.6. The first kappa shape index (κ1) is 11.1. The molecule has 1 nitrogen and oxygen atoms in total. The van der Waals surface area contributed by atoms with Gasteiger partial charge >= 0.3 is 0 Å². The van der Waals surface area contributed by atoms with Gasteiger partial charge in [-0.1, -0.05) is 50.9 Å². The van der Waals surface area contributed by atoms with Crippen molar-refractivity contribution in [2.75, 3.05) is 6.61 Å². The molecule has 0 radical (unpaired) electrons. The highest BCUT2D eigenvalue weighted by Crippen LogP contribution is 2.30. The van der Waals surface area contributed by atoms with Crippen molar-refractivity contribution in [3.05, 3.63) is 29.8 Å². The lowest BCUT2D eigenvalue weighted by Crippen LogP contribution is -1.95. The summed E-state index contributed by atoms with van der Waals surface area (Å²) in [6.07, 6.45) is 1.04. The summed E-state index contributed by atoms with van der Waals surface area (Å²) in [6.45, 7) is 2.88. The van der Waals surface area contributed by atoms with Gasteiger partial charge in [0.1, 0.15) is 5.75 Å². The third kappa shape index (κ3) is 3.69. The molecule has 13 heavy (non-hydrogen) atoms. The minimum absolute atomic E-state index is 0.199. The summed E-state index contributed by atoms with van der Waals surface area (Å²) < 4.78 is 5.70. The van der Waals surface area contributed by atoms with Gasteiger partial charge in [-0.2, -0.15) is 0 Å². The Morgan fingerprint density at radius 1 is 1.38 bits per heavy atom. The van der Waals surface area contributed by atoms with E-state index in [4.69, 9.17) is 4.74 Å². The smallest absolute Gasteiger partial charge is 0.119 e. The zero-order valence-electron chi connectivity index (χ0n) is 7.47. The molecule has 0 aliphatic heterocycles. The van der Waals surface area contributed by atoms with E-state index in [0.29, 0.717) is 0 Å². The quantitative estimate of drug-likeness (QED) is 0.755. The average molecular weight is 308 g/mol. The zero-order chi connectivity index (χ0) is 9.68. The van der Waals surface area contributed by atoms with Crippen LogP contribution in [-0.2, 0) is 0 Å². The molecule has 0 unspecified atom stereocenters. The SMILES string of the molecule is CCCOc1cccc(C(Br)Br)c1. The second-order valence-corrected chi connectivity index (χ2v) is 5.78. The molecule has 0 heterocycles. The first-order valence-corrected chi connectivity index (χ1v) is 6.08. The molecule has 72 valence electrons. The van der Waals surface area contributed by atoms with Crippen LogP contribution in [0.25, 0.3) is 0 Å². The Balaban J connectivity index is 2.68. The first-order chi connectivity index (χ1) is 6.24. The summed E-state index contributed by atoms with van der Waals surface area (Å²) in [5, 5.41) is 0. The van der Waals surface area contributed by atoms with E-state index in [0.717, 1.165) is 18.8 Å². The number of halogens is 2. The molecule has 1 aromatic carbocycles. The maximum atomic E-state index is 5.50. The lowest BCUT2D eigenvalue weighted by atomic mass is 10.2. The summed E-state index contributed by atoms with van der Waals surface area (Å²) in [5.41, 5.74) is 1.17. The number of hydrogen-bond donors (Lipinski definition) is 0. The van der Waals surface area contributed by atoms with Crippen LogP contribution in [0.4, 0.5) is 0 Å². The van der Waals surface area contributed by atoms with E-state index in [1.54, 1.807) is 0 Å². The number of hydrogen-bond acceptors (Lipinski definition) is 1. The van der Waals surface area contributed by atoms with E-state index < -0.39 is 0 Å². The van der Waals surface area contributed by atoms with Crippen molar-refractivity contribution in [2.45, 2.75) is 17.1 Å². The van der Waals surface area contributed by atoms with Crippen molar-refractivity contribution in [2.24, 2.45) is 0 Å². The van der Waals surface area contributed by atoms with E-state index in [1.165, 1.54) is 5.56 Å². The molecule has 0 atom stereocenters. The monoisotopic (exact) mass is 306 g/mol. The maximum Gasteiger partial charge on any atom is 0.119 e. The van der Waals surface area contributed by atoms with Crippen LogP contribution in [0.15, 0.2) is 24.3 Å². The van der Waals surface area contributed by atoms with Crippen molar-refractivity contribution >= 4 is 31.9 Å². The fourth-order valence-corrected chi connectivity index (χ4v) is 1.53. The lowest BCUT2D eigenvalue weighted by Gasteiger charge is -2.07. The van der Waals surface area contributed by atoms with Crippen LogP contribution in [0.2, 0.25) is 0 Å². The van der Waals surface area contributed by atoms with Gasteiger partial charge in [0.2, 0.25) is 0 Å². The summed E-state index contributed by atoms with van der Waals surface area (Å²) in [4.78, 5) is 0. The normalized spacial score (nSPS) is 10.5. The molecule has 0 aromatic heterocycles. The van der Waals surface area contributed by atoms with Gasteiger partial charge in [-0.05, 0) is 24.1 Å². The third-order valence-electron chi connectivity index (χ3n) is 1.58. The van der Waals surface area contributed by atoms with Gasteiger partial charge < -0.3 is 4.74 Å². The number of ether oxygens (including phenoxy) is 1. The molecule has 1 rings (SSSR count). The van der Waals surface area contributed by atoms with Crippen LogP contribution in [0.3, 0.4) is 0 Å². The Kier molecular flexibility index (Phi) is 4.81. The molecule has 0 saturated heterocycles. The molecule has 1 aromatic rings. The van der Waals surface area contributed by atoms with Crippen molar-refractivity contribution in [1.29, 1.82) is 0 Å². The van der Waals surface area contributed by atoms with Crippen LogP contribution in [0.5, 0.6) is 5.75 Å². The van der Waals surface area contributed by atoms with Gasteiger partial charge in [-0.3, -0.25) is 0 Å². The van der Waals surface area contributed by atoms with E-state index in [-0.39, 0.29) is 3.74 Å². The summed E-state index contributed by atoms with van der Waals surface area (Å²) in [5.74, 6) is 0.934. The minimum Gasteiger partial charge on any atom is -0.494 e. The van der Waals surface area contributed by atoms with E-state index in [2.05, 4.69) is 38.8 Å². The van der Waals surface area contributed by atoms with Gasteiger partial charge in [0.15, 0.2) is 0 Å². The molecule has 0 N–H and O–H groups in total. The molecule has 0 amide bonds. The molecule has 0 fully saturated rings. The van der Waals surface area contributed by atoms with Crippen LogP contribution in [0, 0.1) is 0 Å². The molecular formula is C10H12Br2O.